The molecule has 3 aromatic rings. The molecule has 2 N–H and O–H groups in total. The Morgan fingerprint density at radius 2 is 2.06 bits per heavy atom. The van der Waals surface area contributed by atoms with Crippen molar-refractivity contribution in [3.63, 3.8) is 0 Å². The number of piperidine rings is 1. The van der Waals surface area contributed by atoms with Gasteiger partial charge in [-0.15, -0.1) is 24.2 Å². The summed E-state index contributed by atoms with van der Waals surface area (Å²) in [5.41, 5.74) is 4.61. The largest absolute Gasteiger partial charge is 0.497 e. The normalized spacial score (nSPS) is 16.5. The zero-order valence-corrected chi connectivity index (χ0v) is 21.8. The molecule has 0 unspecified atom stereocenters. The predicted octanol–water partition coefficient (Wildman–Crippen LogP) is 4.21. The fraction of sp³-hybridized carbons (Fsp3) is 0.423. The average Bonchev–Trinajstić information content (AvgIpc) is 2.87. The van der Waals surface area contributed by atoms with Crippen molar-refractivity contribution in [1.82, 2.24) is 20.2 Å². The zero-order chi connectivity index (χ0) is 23.5. The first-order valence-corrected chi connectivity index (χ1v) is 12.9. The van der Waals surface area contributed by atoms with Gasteiger partial charge < -0.3 is 20.3 Å². The van der Waals surface area contributed by atoms with Crippen LogP contribution in [-0.2, 0) is 17.8 Å². The molecule has 5 rings (SSSR count). The van der Waals surface area contributed by atoms with Crippen molar-refractivity contribution in [2.45, 2.75) is 43.7 Å². The Balaban J connectivity index is 0.00000289. The third-order valence-electron chi connectivity index (χ3n) is 6.77. The summed E-state index contributed by atoms with van der Waals surface area (Å²) in [4.78, 5) is 24.5. The van der Waals surface area contributed by atoms with Gasteiger partial charge in [0.05, 0.1) is 29.0 Å². The highest BCUT2D eigenvalue weighted by molar-refractivity contribution is 8.00. The minimum Gasteiger partial charge on any atom is -0.497 e. The van der Waals surface area contributed by atoms with Gasteiger partial charge in [-0.2, -0.15) is 0 Å². The lowest BCUT2D eigenvalue weighted by Gasteiger charge is -2.32. The van der Waals surface area contributed by atoms with E-state index in [2.05, 4.69) is 50.6 Å². The molecule has 1 amide bonds. The topological polar surface area (TPSA) is 79.4 Å². The van der Waals surface area contributed by atoms with Crippen LogP contribution in [-0.4, -0.2) is 59.3 Å². The van der Waals surface area contributed by atoms with Crippen molar-refractivity contribution < 1.29 is 9.53 Å². The standard InChI is InChI=1S/C26H31N5O2S.ClH/c1-17-14-28-23-5-4-20(33-2)13-22(23)21(17)9-12-31-10-7-18(8-11-31)27-15-19-3-6-24-26(29-19)30-25(32)16-34-24;/h3-6,13-14,18,27H,7-12,15-16H2,1-2H3,(H,29,30,32);1H. The quantitative estimate of drug-likeness (QED) is 0.490. The molecule has 2 aromatic heterocycles. The van der Waals surface area contributed by atoms with Crippen LogP contribution in [0.5, 0.6) is 5.75 Å². The van der Waals surface area contributed by atoms with Crippen LogP contribution >= 0.6 is 24.2 Å². The number of carbonyl (C=O) groups is 1. The summed E-state index contributed by atoms with van der Waals surface area (Å²) in [6.07, 6.45) is 5.25. The fourth-order valence-electron chi connectivity index (χ4n) is 4.77. The number of nitrogens with one attached hydrogen (secondary N) is 2. The first-order valence-electron chi connectivity index (χ1n) is 11.9. The van der Waals surface area contributed by atoms with Crippen LogP contribution in [0.1, 0.15) is 29.7 Å². The Kier molecular flexibility index (Phi) is 8.49. The van der Waals surface area contributed by atoms with E-state index in [1.54, 1.807) is 18.9 Å². The van der Waals surface area contributed by atoms with Crippen molar-refractivity contribution >= 4 is 46.8 Å². The monoisotopic (exact) mass is 513 g/mol. The van der Waals surface area contributed by atoms with Crippen LogP contribution in [0.25, 0.3) is 10.9 Å². The predicted molar refractivity (Wildman–Crippen MR) is 144 cm³/mol. The van der Waals surface area contributed by atoms with Gasteiger partial charge in [-0.25, -0.2) is 4.98 Å². The smallest absolute Gasteiger partial charge is 0.235 e. The van der Waals surface area contributed by atoms with Crippen LogP contribution in [0.3, 0.4) is 0 Å². The molecule has 0 atom stereocenters. The summed E-state index contributed by atoms with van der Waals surface area (Å²) in [7, 11) is 1.71. The van der Waals surface area contributed by atoms with Gasteiger partial charge >= 0.3 is 0 Å². The van der Waals surface area contributed by atoms with Crippen molar-refractivity contribution in [1.29, 1.82) is 0 Å². The number of ether oxygens (including phenoxy) is 1. The second-order valence-electron chi connectivity index (χ2n) is 9.04. The average molecular weight is 514 g/mol. The minimum atomic E-state index is 0. The first-order chi connectivity index (χ1) is 16.6. The molecule has 7 nitrogen and oxygen atoms in total. The van der Waals surface area contributed by atoms with Gasteiger partial charge in [0, 0.05) is 30.7 Å². The molecule has 2 aliphatic rings. The number of carbonyl (C=O) groups excluding carboxylic acids is 1. The molecule has 1 aromatic carbocycles. The molecule has 0 radical (unpaired) electrons. The first kappa shape index (κ1) is 25.7. The molecule has 1 saturated heterocycles. The number of aromatic nitrogens is 2. The SMILES string of the molecule is COc1ccc2ncc(C)c(CCN3CCC(NCc4ccc5c(n4)NC(=O)CS5)CC3)c2c1.Cl. The van der Waals surface area contributed by atoms with Crippen molar-refractivity contribution in [2.24, 2.45) is 0 Å². The highest BCUT2D eigenvalue weighted by Crippen LogP contribution is 2.30. The van der Waals surface area contributed by atoms with Gasteiger partial charge in [-0.05, 0) is 80.7 Å². The number of anilines is 1. The third kappa shape index (κ3) is 6.06. The number of likely N-dealkylation sites (tertiary alicyclic amines) is 1. The number of hydrogen-bond acceptors (Lipinski definition) is 7. The molecular formula is C26H32ClN5O2S. The summed E-state index contributed by atoms with van der Waals surface area (Å²) in [6, 6.07) is 10.7. The summed E-state index contributed by atoms with van der Waals surface area (Å²) >= 11 is 1.55. The number of nitrogens with zero attached hydrogens (tertiary/aromatic N) is 3. The van der Waals surface area contributed by atoms with E-state index in [-0.39, 0.29) is 18.3 Å². The molecule has 0 bridgehead atoms. The lowest BCUT2D eigenvalue weighted by atomic mass is 9.99. The van der Waals surface area contributed by atoms with Crippen molar-refractivity contribution in [2.75, 3.05) is 37.8 Å². The maximum absolute atomic E-state index is 11.6. The number of thioether (sulfide) groups is 1. The highest BCUT2D eigenvalue weighted by atomic mass is 35.5. The molecule has 0 spiro atoms. The van der Waals surface area contributed by atoms with Crippen LogP contribution < -0.4 is 15.4 Å². The van der Waals surface area contributed by atoms with Crippen LogP contribution in [0.15, 0.2) is 41.4 Å². The Bertz CT molecular complexity index is 1200. The molecule has 2 aliphatic heterocycles. The lowest BCUT2D eigenvalue weighted by Crippen LogP contribution is -2.43. The van der Waals surface area contributed by atoms with Gasteiger partial charge in [0.25, 0.3) is 0 Å². The fourth-order valence-corrected chi connectivity index (χ4v) is 5.52. The Morgan fingerprint density at radius 3 is 2.86 bits per heavy atom. The summed E-state index contributed by atoms with van der Waals surface area (Å²) < 4.78 is 5.44. The number of hydrogen-bond donors (Lipinski definition) is 2. The van der Waals surface area contributed by atoms with Crippen molar-refractivity contribution in [3.05, 3.63) is 53.3 Å². The number of pyridine rings is 2. The van der Waals surface area contributed by atoms with Crippen LogP contribution in [0.2, 0.25) is 0 Å². The molecule has 186 valence electrons. The van der Waals surface area contributed by atoms with E-state index in [4.69, 9.17) is 4.74 Å². The highest BCUT2D eigenvalue weighted by Gasteiger charge is 2.21. The zero-order valence-electron chi connectivity index (χ0n) is 20.2. The molecule has 4 heterocycles. The lowest BCUT2D eigenvalue weighted by molar-refractivity contribution is -0.113. The van der Waals surface area contributed by atoms with E-state index in [1.807, 2.05) is 18.3 Å². The number of methoxy groups -OCH3 is 1. The molecule has 0 aliphatic carbocycles. The Hall–Kier alpha value is -2.39. The molecule has 0 saturated carbocycles. The maximum atomic E-state index is 11.6. The van der Waals surface area contributed by atoms with E-state index >= 15 is 0 Å². The molecule has 35 heavy (non-hydrogen) atoms. The number of amides is 1. The third-order valence-corrected chi connectivity index (χ3v) is 7.82. The van der Waals surface area contributed by atoms with E-state index in [1.165, 1.54) is 16.5 Å². The summed E-state index contributed by atoms with van der Waals surface area (Å²) in [5.74, 6) is 2.07. The van der Waals surface area contributed by atoms with Gasteiger partial charge in [0.2, 0.25) is 5.91 Å². The van der Waals surface area contributed by atoms with Gasteiger partial charge in [0.1, 0.15) is 11.6 Å². The van der Waals surface area contributed by atoms with Gasteiger partial charge in [-0.3, -0.25) is 9.78 Å². The minimum absolute atomic E-state index is 0. The molecular weight excluding hydrogens is 482 g/mol. The number of fused-ring (bicyclic) bond motifs is 2. The van der Waals surface area contributed by atoms with E-state index in [9.17, 15) is 4.79 Å². The van der Waals surface area contributed by atoms with Gasteiger partial charge in [0.15, 0.2) is 0 Å². The summed E-state index contributed by atoms with van der Waals surface area (Å²) in [5, 5.41) is 7.74. The number of rotatable bonds is 7. The number of halogens is 1. The van der Waals surface area contributed by atoms with E-state index in [0.29, 0.717) is 17.6 Å². The summed E-state index contributed by atoms with van der Waals surface area (Å²) in [6.45, 7) is 6.10. The van der Waals surface area contributed by atoms with Crippen molar-refractivity contribution in [3.8, 4) is 5.75 Å². The molecule has 1 fully saturated rings. The maximum Gasteiger partial charge on any atom is 0.235 e. The number of aryl methyl sites for hydroxylation is 1. The Labute approximate surface area is 216 Å². The van der Waals surface area contributed by atoms with Crippen LogP contribution in [0, 0.1) is 6.92 Å². The Morgan fingerprint density at radius 1 is 1.23 bits per heavy atom. The second-order valence-corrected chi connectivity index (χ2v) is 10.1. The van der Waals surface area contributed by atoms with Crippen LogP contribution in [0.4, 0.5) is 5.82 Å². The number of benzene rings is 1. The molecule has 9 heteroatoms. The van der Waals surface area contributed by atoms with Gasteiger partial charge in [-0.1, -0.05) is 0 Å². The van der Waals surface area contributed by atoms with E-state index in [0.717, 1.165) is 67.3 Å². The second kappa shape index (κ2) is 11.6. The van der Waals surface area contributed by atoms with E-state index < -0.39 is 0 Å².